The summed E-state index contributed by atoms with van der Waals surface area (Å²) in [4.78, 5) is 9.97. The third-order valence-corrected chi connectivity index (χ3v) is 4.95. The molecule has 0 amide bonds. The van der Waals surface area contributed by atoms with Gasteiger partial charge in [0.1, 0.15) is 5.02 Å². The van der Waals surface area contributed by atoms with Crippen molar-refractivity contribution < 1.29 is 13.3 Å². The van der Waals surface area contributed by atoms with Crippen LogP contribution in [-0.4, -0.2) is 31.2 Å². The third kappa shape index (κ3) is 2.63. The maximum Gasteiger partial charge on any atom is 0.289 e. The molecule has 0 aliphatic heterocycles. The monoisotopic (exact) mass is 292 g/mol. The molecule has 8 heteroatoms. The molecule has 0 atom stereocenters. The molecule has 0 unspecified atom stereocenters. The van der Waals surface area contributed by atoms with Crippen LogP contribution >= 0.6 is 11.6 Å². The lowest BCUT2D eigenvalue weighted by atomic mass is 10.2. The third-order valence-electron chi connectivity index (χ3n) is 2.57. The molecule has 0 saturated heterocycles. The van der Waals surface area contributed by atoms with E-state index in [2.05, 4.69) is 0 Å². The topological polar surface area (TPSA) is 80.5 Å². The van der Waals surface area contributed by atoms with E-state index in [1.165, 1.54) is 13.1 Å². The standard InChI is InChI=1S/C10H13ClN2O4S/c1-4-12(3)18(16,17)10-6-9(13(14)15)8(11)5-7(10)2/h5-6H,4H2,1-3H3. The molecule has 0 fully saturated rings. The second kappa shape index (κ2) is 5.21. The van der Waals surface area contributed by atoms with E-state index in [1.54, 1.807) is 13.8 Å². The first-order valence-electron chi connectivity index (χ1n) is 5.12. The Labute approximate surface area is 110 Å². The van der Waals surface area contributed by atoms with Gasteiger partial charge in [-0.2, -0.15) is 0 Å². The summed E-state index contributed by atoms with van der Waals surface area (Å²) < 4.78 is 25.4. The average molecular weight is 293 g/mol. The van der Waals surface area contributed by atoms with Gasteiger partial charge in [-0.1, -0.05) is 18.5 Å². The van der Waals surface area contributed by atoms with E-state index in [9.17, 15) is 18.5 Å². The predicted molar refractivity (Wildman–Crippen MR) is 68.3 cm³/mol. The molecule has 0 saturated carbocycles. The Morgan fingerprint density at radius 1 is 1.44 bits per heavy atom. The van der Waals surface area contributed by atoms with Crippen LogP contribution in [0.2, 0.25) is 5.02 Å². The van der Waals surface area contributed by atoms with E-state index >= 15 is 0 Å². The Morgan fingerprint density at radius 2 is 2.00 bits per heavy atom. The fourth-order valence-electron chi connectivity index (χ4n) is 1.40. The van der Waals surface area contributed by atoms with E-state index in [0.29, 0.717) is 5.56 Å². The van der Waals surface area contributed by atoms with Crippen molar-refractivity contribution in [2.45, 2.75) is 18.7 Å². The maximum atomic E-state index is 12.1. The van der Waals surface area contributed by atoms with Crippen molar-refractivity contribution in [2.24, 2.45) is 0 Å². The van der Waals surface area contributed by atoms with Gasteiger partial charge in [-0.3, -0.25) is 10.1 Å². The number of nitro groups is 1. The van der Waals surface area contributed by atoms with Gasteiger partial charge >= 0.3 is 0 Å². The summed E-state index contributed by atoms with van der Waals surface area (Å²) in [7, 11) is -2.31. The van der Waals surface area contributed by atoms with Crippen molar-refractivity contribution in [3.63, 3.8) is 0 Å². The van der Waals surface area contributed by atoms with Gasteiger partial charge in [0.15, 0.2) is 0 Å². The Morgan fingerprint density at radius 3 is 2.44 bits per heavy atom. The number of hydrogen-bond donors (Lipinski definition) is 0. The molecule has 0 heterocycles. The van der Waals surface area contributed by atoms with Gasteiger partial charge in [0.2, 0.25) is 10.0 Å². The molecular weight excluding hydrogens is 280 g/mol. The molecule has 6 nitrogen and oxygen atoms in total. The largest absolute Gasteiger partial charge is 0.289 e. The highest BCUT2D eigenvalue weighted by atomic mass is 35.5. The number of hydrogen-bond acceptors (Lipinski definition) is 4. The lowest BCUT2D eigenvalue weighted by molar-refractivity contribution is -0.384. The summed E-state index contributed by atoms with van der Waals surface area (Å²) in [5.41, 5.74) is -0.0313. The van der Waals surface area contributed by atoms with Crippen molar-refractivity contribution in [1.82, 2.24) is 4.31 Å². The SMILES string of the molecule is CCN(C)S(=O)(=O)c1cc([N+](=O)[O-])c(Cl)cc1C. The van der Waals surface area contributed by atoms with Crippen LogP contribution in [0.25, 0.3) is 0 Å². The Hall–Kier alpha value is -1.18. The lowest BCUT2D eigenvalue weighted by Crippen LogP contribution is -2.27. The molecule has 1 rings (SSSR count). The van der Waals surface area contributed by atoms with Crippen LogP contribution < -0.4 is 0 Å². The molecular formula is C10H13ClN2O4S. The zero-order chi connectivity index (χ0) is 14.1. The first-order chi connectivity index (χ1) is 8.21. The van der Waals surface area contributed by atoms with Crippen LogP contribution in [0, 0.1) is 17.0 Å². The molecule has 0 aromatic heterocycles. The van der Waals surface area contributed by atoms with Crippen LogP contribution in [0.4, 0.5) is 5.69 Å². The van der Waals surface area contributed by atoms with Gasteiger partial charge < -0.3 is 0 Å². The molecule has 0 bridgehead atoms. The summed E-state index contributed by atoms with van der Waals surface area (Å²) in [5, 5.41) is 10.7. The first-order valence-corrected chi connectivity index (χ1v) is 6.94. The summed E-state index contributed by atoms with van der Waals surface area (Å²) >= 11 is 5.71. The van der Waals surface area contributed by atoms with Gasteiger partial charge in [0.25, 0.3) is 5.69 Å². The van der Waals surface area contributed by atoms with Gasteiger partial charge in [-0.25, -0.2) is 12.7 Å². The van der Waals surface area contributed by atoms with Crippen LogP contribution in [0.5, 0.6) is 0 Å². The highest BCUT2D eigenvalue weighted by Crippen LogP contribution is 2.31. The number of rotatable bonds is 4. The molecule has 1 aromatic carbocycles. The predicted octanol–water partition coefficient (Wildman–Crippen LogP) is 2.20. The Bertz CT molecular complexity index is 586. The highest BCUT2D eigenvalue weighted by molar-refractivity contribution is 7.89. The zero-order valence-corrected chi connectivity index (χ0v) is 11.7. The minimum Gasteiger partial charge on any atom is -0.258 e. The molecule has 0 aliphatic rings. The smallest absolute Gasteiger partial charge is 0.258 e. The van der Waals surface area contributed by atoms with Crippen molar-refractivity contribution >= 4 is 27.3 Å². The Kier molecular flexibility index (Phi) is 4.31. The van der Waals surface area contributed by atoms with Gasteiger partial charge in [0.05, 0.1) is 9.82 Å². The van der Waals surface area contributed by atoms with Crippen molar-refractivity contribution in [1.29, 1.82) is 0 Å². The first kappa shape index (κ1) is 14.9. The Balaban J connectivity index is 3.52. The molecule has 0 N–H and O–H groups in total. The highest BCUT2D eigenvalue weighted by Gasteiger charge is 2.26. The van der Waals surface area contributed by atoms with E-state index < -0.39 is 20.6 Å². The normalized spacial score (nSPS) is 11.8. The number of benzene rings is 1. The molecule has 0 spiro atoms. The second-order valence-electron chi connectivity index (χ2n) is 3.75. The lowest BCUT2D eigenvalue weighted by Gasteiger charge is -2.16. The fourth-order valence-corrected chi connectivity index (χ4v) is 3.09. The number of halogens is 1. The molecule has 0 radical (unpaired) electrons. The quantitative estimate of drug-likeness (QED) is 0.629. The van der Waals surface area contributed by atoms with Crippen LogP contribution in [0.3, 0.4) is 0 Å². The van der Waals surface area contributed by atoms with Crippen molar-refractivity contribution in [3.05, 3.63) is 32.8 Å². The van der Waals surface area contributed by atoms with Crippen LogP contribution in [0.1, 0.15) is 12.5 Å². The average Bonchev–Trinajstić information content (AvgIpc) is 2.26. The summed E-state index contributed by atoms with van der Waals surface area (Å²) in [5.74, 6) is 0. The molecule has 1 aromatic rings. The molecule has 0 aliphatic carbocycles. The summed E-state index contributed by atoms with van der Waals surface area (Å²) in [6, 6.07) is 2.29. The molecule has 18 heavy (non-hydrogen) atoms. The maximum absolute atomic E-state index is 12.1. The van der Waals surface area contributed by atoms with E-state index in [-0.39, 0.29) is 16.5 Å². The van der Waals surface area contributed by atoms with Crippen LogP contribution in [0.15, 0.2) is 17.0 Å². The van der Waals surface area contributed by atoms with Crippen molar-refractivity contribution in [3.8, 4) is 0 Å². The minimum absolute atomic E-state index is 0.0735. The van der Waals surface area contributed by atoms with Gasteiger partial charge in [-0.05, 0) is 18.6 Å². The number of nitrogens with zero attached hydrogens (tertiary/aromatic N) is 2. The van der Waals surface area contributed by atoms with Gasteiger partial charge in [-0.15, -0.1) is 0 Å². The van der Waals surface area contributed by atoms with E-state index in [0.717, 1.165) is 10.4 Å². The number of aryl methyl sites for hydroxylation is 1. The molecule has 100 valence electrons. The number of nitro benzene ring substituents is 1. The minimum atomic E-state index is -3.72. The second-order valence-corrected chi connectivity index (χ2v) is 6.17. The van der Waals surface area contributed by atoms with E-state index in [4.69, 9.17) is 11.6 Å². The van der Waals surface area contributed by atoms with Crippen molar-refractivity contribution in [2.75, 3.05) is 13.6 Å². The summed E-state index contributed by atoms with van der Waals surface area (Å²) in [6.45, 7) is 3.50. The van der Waals surface area contributed by atoms with Gasteiger partial charge in [0, 0.05) is 19.7 Å². The zero-order valence-electron chi connectivity index (χ0n) is 10.2. The number of sulfonamides is 1. The van der Waals surface area contributed by atoms with E-state index in [1.807, 2.05) is 0 Å². The fraction of sp³-hybridized carbons (Fsp3) is 0.400. The van der Waals surface area contributed by atoms with Crippen LogP contribution in [-0.2, 0) is 10.0 Å². The summed E-state index contributed by atoms with van der Waals surface area (Å²) in [6.07, 6.45) is 0.